The number of nitrogens with one attached hydrogen (secondary N) is 1. The van der Waals surface area contributed by atoms with Crippen LogP contribution in [-0.4, -0.2) is 15.2 Å². The summed E-state index contributed by atoms with van der Waals surface area (Å²) in [6, 6.07) is 12.3. The molecule has 0 atom stereocenters. The third-order valence-corrected chi connectivity index (χ3v) is 4.33. The highest BCUT2D eigenvalue weighted by Crippen LogP contribution is 2.32. The van der Waals surface area contributed by atoms with Gasteiger partial charge in [-0.3, -0.25) is 0 Å². The van der Waals surface area contributed by atoms with Crippen LogP contribution in [0.4, 0.5) is 5.13 Å². The standard InChI is InChI=1S/C16H13ClN2O2S/c17-12-4-2-1-3-11(12)8-18-16-19-13(9-22-16)10-5-6-14(20)15(21)7-10/h1-7,9,20-21H,8H2,(H,18,19). The molecule has 0 aliphatic heterocycles. The van der Waals surface area contributed by atoms with Crippen LogP contribution < -0.4 is 5.32 Å². The van der Waals surface area contributed by atoms with Crippen molar-refractivity contribution in [1.29, 1.82) is 0 Å². The average Bonchev–Trinajstić information content (AvgIpc) is 2.98. The summed E-state index contributed by atoms with van der Waals surface area (Å²) in [6.07, 6.45) is 0. The molecule has 0 saturated heterocycles. The minimum Gasteiger partial charge on any atom is -0.504 e. The number of phenols is 2. The summed E-state index contributed by atoms with van der Waals surface area (Å²) < 4.78 is 0. The molecule has 0 amide bonds. The topological polar surface area (TPSA) is 65.4 Å². The molecule has 6 heteroatoms. The molecule has 0 spiro atoms. The SMILES string of the molecule is Oc1ccc(-c2csc(NCc3ccccc3Cl)n2)cc1O. The maximum absolute atomic E-state index is 9.55. The van der Waals surface area contributed by atoms with Crippen molar-refractivity contribution in [3.8, 4) is 22.8 Å². The predicted molar refractivity (Wildman–Crippen MR) is 89.7 cm³/mol. The van der Waals surface area contributed by atoms with Gasteiger partial charge in [-0.05, 0) is 29.8 Å². The molecule has 0 aliphatic carbocycles. The highest BCUT2D eigenvalue weighted by atomic mass is 35.5. The summed E-state index contributed by atoms with van der Waals surface area (Å²) in [6.45, 7) is 0.591. The Morgan fingerprint density at radius 1 is 1.09 bits per heavy atom. The third-order valence-electron chi connectivity index (χ3n) is 3.16. The fraction of sp³-hybridized carbons (Fsp3) is 0.0625. The first-order chi connectivity index (χ1) is 10.6. The monoisotopic (exact) mass is 332 g/mol. The first kappa shape index (κ1) is 14.7. The number of benzene rings is 2. The van der Waals surface area contributed by atoms with E-state index in [9.17, 15) is 10.2 Å². The lowest BCUT2D eigenvalue weighted by Gasteiger charge is -2.04. The van der Waals surface area contributed by atoms with Crippen molar-refractivity contribution in [3.05, 3.63) is 58.4 Å². The fourth-order valence-electron chi connectivity index (χ4n) is 1.98. The van der Waals surface area contributed by atoms with Crippen LogP contribution in [0.25, 0.3) is 11.3 Å². The fourth-order valence-corrected chi connectivity index (χ4v) is 2.90. The zero-order valence-corrected chi connectivity index (χ0v) is 13.0. The summed E-state index contributed by atoms with van der Waals surface area (Å²) in [5.74, 6) is -0.299. The number of phenolic OH excluding ortho intramolecular Hbond substituents is 2. The normalized spacial score (nSPS) is 10.6. The number of aromatic hydroxyl groups is 2. The maximum Gasteiger partial charge on any atom is 0.183 e. The average molecular weight is 333 g/mol. The first-order valence-corrected chi connectivity index (χ1v) is 7.84. The molecule has 0 unspecified atom stereocenters. The second-order valence-corrected chi connectivity index (χ2v) is 5.95. The molecular formula is C16H13ClN2O2S. The maximum atomic E-state index is 9.55. The van der Waals surface area contributed by atoms with E-state index in [1.165, 1.54) is 23.5 Å². The summed E-state index contributed by atoms with van der Waals surface area (Å²) in [5, 5.41) is 25.5. The number of aromatic nitrogens is 1. The van der Waals surface area contributed by atoms with Gasteiger partial charge < -0.3 is 15.5 Å². The number of thiazole rings is 1. The Morgan fingerprint density at radius 2 is 1.91 bits per heavy atom. The molecule has 22 heavy (non-hydrogen) atoms. The van der Waals surface area contributed by atoms with Crippen LogP contribution in [0.2, 0.25) is 5.02 Å². The molecule has 3 aromatic rings. The second-order valence-electron chi connectivity index (χ2n) is 4.69. The van der Waals surface area contributed by atoms with Crippen LogP contribution in [0.1, 0.15) is 5.56 Å². The summed E-state index contributed by atoms with van der Waals surface area (Å²) >= 11 is 7.59. The molecule has 0 radical (unpaired) electrons. The Morgan fingerprint density at radius 3 is 2.68 bits per heavy atom. The van der Waals surface area contributed by atoms with Crippen LogP contribution >= 0.6 is 22.9 Å². The highest BCUT2D eigenvalue weighted by Gasteiger charge is 2.08. The smallest absolute Gasteiger partial charge is 0.183 e. The van der Waals surface area contributed by atoms with E-state index < -0.39 is 0 Å². The quantitative estimate of drug-likeness (QED) is 0.616. The molecule has 1 heterocycles. The van der Waals surface area contributed by atoms with E-state index in [1.54, 1.807) is 6.07 Å². The van der Waals surface area contributed by atoms with Crippen LogP contribution in [0.5, 0.6) is 11.5 Å². The molecule has 3 rings (SSSR count). The van der Waals surface area contributed by atoms with Crippen molar-refractivity contribution in [2.75, 3.05) is 5.32 Å². The minimum absolute atomic E-state index is 0.143. The van der Waals surface area contributed by atoms with Crippen LogP contribution in [0, 0.1) is 0 Å². The predicted octanol–water partition coefficient (Wildman–Crippen LogP) is 4.49. The third kappa shape index (κ3) is 3.16. The van der Waals surface area contributed by atoms with E-state index >= 15 is 0 Å². The summed E-state index contributed by atoms with van der Waals surface area (Å²) in [4.78, 5) is 4.47. The van der Waals surface area contributed by atoms with Gasteiger partial charge in [-0.2, -0.15) is 0 Å². The number of hydrogen-bond acceptors (Lipinski definition) is 5. The van der Waals surface area contributed by atoms with Crippen molar-refractivity contribution in [3.63, 3.8) is 0 Å². The molecule has 0 saturated carbocycles. The van der Waals surface area contributed by atoms with Gasteiger partial charge in [0.1, 0.15) is 0 Å². The zero-order valence-electron chi connectivity index (χ0n) is 11.5. The molecule has 112 valence electrons. The molecule has 1 aromatic heterocycles. The van der Waals surface area contributed by atoms with Crippen molar-refractivity contribution >= 4 is 28.1 Å². The van der Waals surface area contributed by atoms with Crippen molar-refractivity contribution in [2.45, 2.75) is 6.54 Å². The number of nitrogens with zero attached hydrogens (tertiary/aromatic N) is 1. The van der Waals surface area contributed by atoms with E-state index in [-0.39, 0.29) is 11.5 Å². The van der Waals surface area contributed by atoms with Gasteiger partial charge in [0.25, 0.3) is 0 Å². The van der Waals surface area contributed by atoms with Gasteiger partial charge in [0.05, 0.1) is 5.69 Å². The Kier molecular flexibility index (Phi) is 4.18. The molecule has 0 fully saturated rings. The lowest BCUT2D eigenvalue weighted by molar-refractivity contribution is 0.404. The van der Waals surface area contributed by atoms with Gasteiger partial charge in [0.2, 0.25) is 0 Å². The summed E-state index contributed by atoms with van der Waals surface area (Å²) in [7, 11) is 0. The Labute approximate surface area is 136 Å². The zero-order chi connectivity index (χ0) is 15.5. The molecule has 0 aliphatic rings. The van der Waals surface area contributed by atoms with E-state index in [2.05, 4.69) is 10.3 Å². The van der Waals surface area contributed by atoms with E-state index in [1.807, 2.05) is 29.6 Å². The Bertz CT molecular complexity index is 804. The van der Waals surface area contributed by atoms with Crippen molar-refractivity contribution < 1.29 is 10.2 Å². The molecular weight excluding hydrogens is 320 g/mol. The largest absolute Gasteiger partial charge is 0.504 e. The van der Waals surface area contributed by atoms with E-state index in [4.69, 9.17) is 11.6 Å². The van der Waals surface area contributed by atoms with Crippen LogP contribution in [0.15, 0.2) is 47.8 Å². The van der Waals surface area contributed by atoms with Crippen molar-refractivity contribution in [1.82, 2.24) is 4.98 Å². The number of anilines is 1. The Hall–Kier alpha value is -2.24. The lowest BCUT2D eigenvalue weighted by Crippen LogP contribution is -1.99. The van der Waals surface area contributed by atoms with Crippen LogP contribution in [-0.2, 0) is 6.54 Å². The number of rotatable bonds is 4. The number of hydrogen-bond donors (Lipinski definition) is 3. The van der Waals surface area contributed by atoms with Gasteiger partial charge in [-0.15, -0.1) is 11.3 Å². The Balaban J connectivity index is 1.74. The molecule has 2 aromatic carbocycles. The minimum atomic E-state index is -0.156. The highest BCUT2D eigenvalue weighted by molar-refractivity contribution is 7.14. The van der Waals surface area contributed by atoms with Gasteiger partial charge >= 0.3 is 0 Å². The van der Waals surface area contributed by atoms with E-state index in [0.717, 1.165) is 27.0 Å². The van der Waals surface area contributed by atoms with Gasteiger partial charge in [-0.25, -0.2) is 4.98 Å². The molecule has 3 N–H and O–H groups in total. The lowest BCUT2D eigenvalue weighted by atomic mass is 10.1. The number of halogens is 1. The first-order valence-electron chi connectivity index (χ1n) is 6.58. The summed E-state index contributed by atoms with van der Waals surface area (Å²) in [5.41, 5.74) is 2.49. The molecule has 0 bridgehead atoms. The van der Waals surface area contributed by atoms with Gasteiger partial charge in [0, 0.05) is 22.5 Å². The van der Waals surface area contributed by atoms with Gasteiger partial charge in [-0.1, -0.05) is 29.8 Å². The second kappa shape index (κ2) is 6.25. The van der Waals surface area contributed by atoms with Crippen LogP contribution in [0.3, 0.4) is 0 Å². The van der Waals surface area contributed by atoms with E-state index in [0.29, 0.717) is 6.54 Å². The van der Waals surface area contributed by atoms with Crippen molar-refractivity contribution in [2.24, 2.45) is 0 Å². The van der Waals surface area contributed by atoms with Gasteiger partial charge in [0.15, 0.2) is 16.6 Å². The molecule has 4 nitrogen and oxygen atoms in total.